The number of fused-ring (bicyclic) bond motifs is 1. The summed E-state index contributed by atoms with van der Waals surface area (Å²) in [4.78, 5) is 120. The van der Waals surface area contributed by atoms with E-state index in [0.29, 0.717) is 73.2 Å². The number of nitrogens with two attached hydrogens (primary N) is 1. The molecule has 1 fully saturated rings. The number of azide groups is 1. The first-order chi connectivity index (χ1) is 55.0. The Bertz CT molecular complexity index is 4430. The number of aromatic nitrogens is 4. The molecule has 2 unspecified atom stereocenters. The SMILES string of the molecule is Cc1c(C2c3c(O[C@H](Cc4ccccc4OCc4ccnc(-c5ccccc5COC(=O)N(C)CCN(C)C(=O)OCc5ccc(NC(=O)[C@H](CCCNC(N)=O)NC(=O)[C@@H](NC(=O)COCCOCCOCCN=[N+]=[N-])C(C)C)cc5)n4)C(=O)O)ncnc3SC2c2ccc(F)cc2)ccc(OCCN2CCN(C)CC2)c1Cl. The predicted molar refractivity (Wildman–Crippen MR) is 421 cm³/mol. The number of anilines is 1. The fourth-order valence-electron chi connectivity index (χ4n) is 12.3. The van der Waals surface area contributed by atoms with E-state index < -0.39 is 77.7 Å². The summed E-state index contributed by atoms with van der Waals surface area (Å²) in [5.74, 6) is -3.02. The lowest BCUT2D eigenvalue weighted by molar-refractivity contribution is -0.145. The Balaban J connectivity index is 0.739. The first-order valence-electron chi connectivity index (χ1n) is 37.2. The molecule has 7 amide bonds. The Morgan fingerprint density at radius 3 is 2.16 bits per heavy atom. The van der Waals surface area contributed by atoms with Crippen molar-refractivity contribution in [1.29, 1.82) is 0 Å². The minimum absolute atomic E-state index is 0.0459. The molecule has 0 aliphatic carbocycles. The van der Waals surface area contributed by atoms with Crippen LogP contribution in [0.4, 0.5) is 24.5 Å². The van der Waals surface area contributed by atoms with E-state index in [4.69, 9.17) is 65.7 Å². The molecular formula is C79H96ClFN16O16S. The molecule has 2 aliphatic heterocycles. The average molecular weight is 1610 g/mol. The van der Waals surface area contributed by atoms with E-state index in [0.717, 1.165) is 49.4 Å². The van der Waals surface area contributed by atoms with Crippen LogP contribution < -0.4 is 41.2 Å². The number of thioether (sulfide) groups is 1. The predicted octanol–water partition coefficient (Wildman–Crippen LogP) is 9.50. The summed E-state index contributed by atoms with van der Waals surface area (Å²) in [6.07, 6.45) is 0.320. The van der Waals surface area contributed by atoms with Crippen LogP contribution in [-0.2, 0) is 69.1 Å². The zero-order valence-corrected chi connectivity index (χ0v) is 65.9. The summed E-state index contributed by atoms with van der Waals surface area (Å²) in [5.41, 5.74) is 19.6. The van der Waals surface area contributed by atoms with Gasteiger partial charge in [-0.15, -0.1) is 0 Å². The van der Waals surface area contributed by atoms with Gasteiger partial charge in [0.15, 0.2) is 5.82 Å². The van der Waals surface area contributed by atoms with Crippen molar-refractivity contribution in [3.05, 3.63) is 194 Å². The molecule has 1 saturated heterocycles. The second kappa shape index (κ2) is 44.5. The number of piperazine rings is 1. The van der Waals surface area contributed by atoms with Crippen LogP contribution in [0.5, 0.6) is 17.4 Å². The van der Waals surface area contributed by atoms with Gasteiger partial charge >= 0.3 is 24.2 Å². The third-order valence-electron chi connectivity index (χ3n) is 18.7. The molecule has 0 saturated carbocycles. The van der Waals surface area contributed by atoms with Crippen molar-refractivity contribution in [3.63, 3.8) is 0 Å². The van der Waals surface area contributed by atoms with Gasteiger partial charge in [0.25, 0.3) is 0 Å². The third-order valence-corrected chi connectivity index (χ3v) is 20.5. The summed E-state index contributed by atoms with van der Waals surface area (Å²) < 4.78 is 61.0. The molecule has 0 bridgehead atoms. The van der Waals surface area contributed by atoms with E-state index in [1.807, 2.05) is 19.1 Å². The van der Waals surface area contributed by atoms with Gasteiger partial charge in [0, 0.05) is 119 Å². The van der Waals surface area contributed by atoms with Crippen LogP contribution in [0, 0.1) is 18.7 Å². The van der Waals surface area contributed by atoms with Crippen LogP contribution in [0.15, 0.2) is 138 Å². The molecule has 0 radical (unpaired) electrons. The molecule has 4 heterocycles. The molecule has 5 aromatic carbocycles. The number of hydrogen-bond donors (Lipinski definition) is 6. The van der Waals surface area contributed by atoms with Gasteiger partial charge in [0.1, 0.15) is 73.8 Å². The topological polar surface area (TPSA) is 401 Å². The number of hydrogen-bond acceptors (Lipinski definition) is 23. The fourth-order valence-corrected chi connectivity index (χ4v) is 13.9. The van der Waals surface area contributed by atoms with E-state index in [9.17, 15) is 43.1 Å². The quantitative estimate of drug-likeness (QED) is 0.00680. The Kier molecular flexibility index (Phi) is 33.9. The fraction of sp³-hybridized carbons (Fsp3) is 0.430. The van der Waals surface area contributed by atoms with Crippen LogP contribution in [-0.4, -0.2) is 231 Å². The number of amides is 7. The monoisotopic (exact) mass is 1610 g/mol. The minimum Gasteiger partial charge on any atom is -0.491 e. The van der Waals surface area contributed by atoms with Crippen LogP contribution in [0.1, 0.15) is 82.5 Å². The summed E-state index contributed by atoms with van der Waals surface area (Å²) in [7, 11) is 5.16. The number of nitrogens with one attached hydrogen (secondary N) is 4. The number of aliphatic carboxylic acids is 1. The zero-order valence-electron chi connectivity index (χ0n) is 64.4. The summed E-state index contributed by atoms with van der Waals surface area (Å²) in [6, 6.07) is 29.5. The van der Waals surface area contributed by atoms with Gasteiger partial charge in [-0.05, 0) is 109 Å². The lowest BCUT2D eigenvalue weighted by atomic mass is 9.84. The van der Waals surface area contributed by atoms with Gasteiger partial charge in [-0.2, -0.15) is 0 Å². The van der Waals surface area contributed by atoms with Crippen molar-refractivity contribution in [2.75, 3.05) is 132 Å². The number of rotatable bonds is 43. The maximum absolute atomic E-state index is 14.4. The molecule has 35 heteroatoms. The van der Waals surface area contributed by atoms with Crippen LogP contribution in [0.3, 0.4) is 0 Å². The Morgan fingerprint density at radius 2 is 1.46 bits per heavy atom. The molecule has 7 aromatic rings. The molecule has 9 rings (SSSR count). The second-order valence-electron chi connectivity index (χ2n) is 27.3. The first-order valence-corrected chi connectivity index (χ1v) is 38.4. The molecule has 7 N–H and O–H groups in total. The minimum atomic E-state index is -1.46. The van der Waals surface area contributed by atoms with Gasteiger partial charge in [-0.3, -0.25) is 19.3 Å². The van der Waals surface area contributed by atoms with Gasteiger partial charge < -0.3 is 84.7 Å². The number of para-hydroxylation sites is 1. The normalized spacial score (nSPS) is 14.7. The van der Waals surface area contributed by atoms with Crippen molar-refractivity contribution in [3.8, 4) is 28.8 Å². The largest absolute Gasteiger partial charge is 0.491 e. The van der Waals surface area contributed by atoms with E-state index in [2.05, 4.69) is 63.1 Å². The number of carbonyl (C=O) groups is 7. The van der Waals surface area contributed by atoms with Crippen molar-refractivity contribution in [1.82, 2.24) is 55.5 Å². The highest BCUT2D eigenvalue weighted by Gasteiger charge is 2.42. The molecule has 114 heavy (non-hydrogen) atoms. The number of carboxylic acids is 1. The van der Waals surface area contributed by atoms with Gasteiger partial charge in [0.2, 0.25) is 29.7 Å². The number of ether oxygens (including phenoxy) is 8. The lowest BCUT2D eigenvalue weighted by Crippen LogP contribution is -2.55. The van der Waals surface area contributed by atoms with E-state index in [1.165, 1.54) is 54.1 Å². The Labute approximate surface area is 669 Å². The highest BCUT2D eigenvalue weighted by atomic mass is 35.5. The van der Waals surface area contributed by atoms with Crippen molar-refractivity contribution < 1.29 is 81.0 Å². The molecular weight excluding hydrogens is 1520 g/mol. The molecule has 2 aromatic heterocycles. The average Bonchev–Trinajstić information content (AvgIpc) is 1.58. The summed E-state index contributed by atoms with van der Waals surface area (Å²) in [6.45, 7) is 11.3. The number of primary amides is 1. The summed E-state index contributed by atoms with van der Waals surface area (Å²) >= 11 is 8.59. The van der Waals surface area contributed by atoms with Crippen molar-refractivity contribution >= 4 is 71.0 Å². The van der Waals surface area contributed by atoms with Crippen molar-refractivity contribution in [2.24, 2.45) is 16.8 Å². The molecule has 0 spiro atoms. The van der Waals surface area contributed by atoms with Crippen molar-refractivity contribution in [2.45, 2.75) is 94.2 Å². The molecule has 608 valence electrons. The van der Waals surface area contributed by atoms with Crippen LogP contribution >= 0.6 is 23.4 Å². The number of urea groups is 1. The van der Waals surface area contributed by atoms with Crippen LogP contribution in [0.2, 0.25) is 5.02 Å². The number of halogens is 2. The van der Waals surface area contributed by atoms with E-state index in [-0.39, 0.29) is 116 Å². The number of carboxylic acid groups (broad SMARTS) is 1. The van der Waals surface area contributed by atoms with Gasteiger partial charge in [-0.1, -0.05) is 115 Å². The smallest absolute Gasteiger partial charge is 0.409 e. The standard InChI is InChI=1S/C79H96ClFN16O16S/c1-50(2)69(92-65(98)48-108-43-42-107-41-40-106-38-30-88-93-83)73(100)91-61(15-11-28-85-77(82)103)72(99)90-57-23-17-52(18-24-57)45-111-78(104)95(5)33-34-96(6)79(105)112-46-55-13-7-9-14-60(55)71-84-29-27-58(89-71)47-110-62-16-10-8-12-54(62)44-64(76(101)102)113-74-67-66(70(114-75(67)87-49-86-74)53-19-21-56(81)22-20-53)59-25-26-63(68(80)51(59)3)109-39-37-97-35-31-94(4)32-36-97/h7-10,12-14,16-27,29,49-50,61,64,66,69-70H,11,15,28,30-48H2,1-6H3,(H,90,99)(H,91,100)(H,92,98)(H,101,102)(H3,82,85,103)/t61-,64+,66?,69-,70?/m0/s1. The maximum Gasteiger partial charge on any atom is 0.409 e. The lowest BCUT2D eigenvalue weighted by Gasteiger charge is -2.32. The molecule has 5 atom stereocenters. The number of carbonyl (C=O) groups excluding carboxylic acids is 6. The van der Waals surface area contributed by atoms with Gasteiger partial charge in [-0.25, -0.2) is 43.5 Å². The molecule has 2 aliphatic rings. The molecule has 32 nitrogen and oxygen atoms in total. The Morgan fingerprint density at radius 1 is 0.772 bits per heavy atom. The highest BCUT2D eigenvalue weighted by Crippen LogP contribution is 2.59. The zero-order chi connectivity index (χ0) is 81.5. The van der Waals surface area contributed by atoms with E-state index in [1.54, 1.807) is 111 Å². The summed E-state index contributed by atoms with van der Waals surface area (Å²) in [5, 5.41) is 25.5. The van der Waals surface area contributed by atoms with Crippen LogP contribution in [0.25, 0.3) is 21.8 Å². The second-order valence-corrected chi connectivity index (χ2v) is 28.8. The maximum atomic E-state index is 14.4. The third kappa shape index (κ3) is 26.3. The highest BCUT2D eigenvalue weighted by molar-refractivity contribution is 7.99. The number of nitrogens with zero attached hydrogens (tertiary/aromatic N) is 11. The number of likely N-dealkylation sites (N-methyl/N-ethyl adjacent to an activating group) is 3. The number of benzene rings is 5. The van der Waals surface area contributed by atoms with Gasteiger partial charge in [0.05, 0.1) is 49.3 Å². The Hall–Kier alpha value is -11.0. The first kappa shape index (κ1) is 87.0. The van der Waals surface area contributed by atoms with E-state index >= 15 is 0 Å².